The van der Waals surface area contributed by atoms with E-state index in [9.17, 15) is 18.4 Å². The highest BCUT2D eigenvalue weighted by Crippen LogP contribution is 2.29. The minimum atomic E-state index is -3.02. The van der Waals surface area contributed by atoms with Crippen LogP contribution in [-0.2, 0) is 4.79 Å². The summed E-state index contributed by atoms with van der Waals surface area (Å²) in [4.78, 5) is 24.3. The Labute approximate surface area is 165 Å². The molecule has 0 fully saturated rings. The SMILES string of the molecule is COc1cc(C(=O)NCC(=O)NC(C)c2cccc(Cl)c2)ccc1OC(F)F. The molecule has 28 heavy (non-hydrogen) atoms. The van der Waals surface area contributed by atoms with Crippen molar-refractivity contribution in [3.05, 3.63) is 58.6 Å². The summed E-state index contributed by atoms with van der Waals surface area (Å²) in [7, 11) is 1.26. The monoisotopic (exact) mass is 412 g/mol. The quantitative estimate of drug-likeness (QED) is 0.695. The van der Waals surface area contributed by atoms with E-state index >= 15 is 0 Å². The first kappa shape index (κ1) is 21.4. The molecule has 6 nitrogen and oxygen atoms in total. The van der Waals surface area contributed by atoms with Crippen molar-refractivity contribution in [2.24, 2.45) is 0 Å². The Hall–Kier alpha value is -2.87. The number of hydrogen-bond acceptors (Lipinski definition) is 4. The van der Waals surface area contributed by atoms with E-state index in [1.54, 1.807) is 25.1 Å². The van der Waals surface area contributed by atoms with E-state index in [1.165, 1.54) is 25.3 Å². The summed E-state index contributed by atoms with van der Waals surface area (Å²) in [5, 5.41) is 5.76. The lowest BCUT2D eigenvalue weighted by atomic mass is 10.1. The fourth-order valence-corrected chi connectivity index (χ4v) is 2.62. The van der Waals surface area contributed by atoms with E-state index in [4.69, 9.17) is 16.3 Å². The molecule has 2 aromatic carbocycles. The van der Waals surface area contributed by atoms with Gasteiger partial charge in [0.2, 0.25) is 5.91 Å². The Kier molecular flexibility index (Phi) is 7.57. The molecule has 0 bridgehead atoms. The third-order valence-corrected chi connectivity index (χ3v) is 4.01. The molecule has 1 atom stereocenters. The number of rotatable bonds is 8. The Morgan fingerprint density at radius 1 is 1.14 bits per heavy atom. The van der Waals surface area contributed by atoms with Crippen LogP contribution in [0.25, 0.3) is 0 Å². The maximum absolute atomic E-state index is 12.3. The maximum atomic E-state index is 12.3. The Morgan fingerprint density at radius 2 is 1.89 bits per heavy atom. The molecule has 2 N–H and O–H groups in total. The van der Waals surface area contributed by atoms with Gasteiger partial charge >= 0.3 is 6.61 Å². The van der Waals surface area contributed by atoms with E-state index in [1.807, 2.05) is 6.07 Å². The molecule has 150 valence electrons. The van der Waals surface area contributed by atoms with Crippen molar-refractivity contribution >= 4 is 23.4 Å². The second kappa shape index (κ2) is 9.89. The van der Waals surface area contributed by atoms with Crippen LogP contribution < -0.4 is 20.1 Å². The molecule has 0 heterocycles. The highest BCUT2D eigenvalue weighted by molar-refractivity contribution is 6.30. The van der Waals surface area contributed by atoms with Gasteiger partial charge in [0.25, 0.3) is 5.91 Å². The zero-order valence-electron chi connectivity index (χ0n) is 15.2. The molecular weight excluding hydrogens is 394 g/mol. The summed E-state index contributed by atoms with van der Waals surface area (Å²) in [5.74, 6) is -1.17. The van der Waals surface area contributed by atoms with Gasteiger partial charge in [0.15, 0.2) is 11.5 Å². The van der Waals surface area contributed by atoms with Crippen LogP contribution in [0.2, 0.25) is 5.02 Å². The fraction of sp³-hybridized carbons (Fsp3) is 0.263. The van der Waals surface area contributed by atoms with Gasteiger partial charge in [-0.05, 0) is 42.8 Å². The van der Waals surface area contributed by atoms with Crippen molar-refractivity contribution in [3.63, 3.8) is 0 Å². The second-order valence-corrected chi connectivity index (χ2v) is 6.21. The third-order valence-electron chi connectivity index (χ3n) is 3.78. The molecule has 1 unspecified atom stereocenters. The van der Waals surface area contributed by atoms with Gasteiger partial charge in [0.05, 0.1) is 19.7 Å². The molecule has 2 amide bonds. The zero-order chi connectivity index (χ0) is 20.7. The Bertz CT molecular complexity index is 848. The number of ether oxygens (including phenoxy) is 2. The number of methoxy groups -OCH3 is 1. The standard InChI is InChI=1S/C19H19ClF2N2O4/c1-11(12-4-3-5-14(20)8-12)24-17(25)10-23-18(26)13-6-7-15(28-19(21)22)16(9-13)27-2/h3-9,11,19H,10H2,1-2H3,(H,23,26)(H,24,25). The van der Waals surface area contributed by atoms with Crippen molar-refractivity contribution in [2.45, 2.75) is 19.6 Å². The topological polar surface area (TPSA) is 76.7 Å². The number of hydrogen-bond donors (Lipinski definition) is 2. The average Bonchev–Trinajstić information content (AvgIpc) is 2.66. The zero-order valence-corrected chi connectivity index (χ0v) is 15.9. The first-order chi connectivity index (χ1) is 13.3. The highest BCUT2D eigenvalue weighted by atomic mass is 35.5. The van der Waals surface area contributed by atoms with Gasteiger partial charge in [-0.1, -0.05) is 23.7 Å². The highest BCUT2D eigenvalue weighted by Gasteiger charge is 2.15. The van der Waals surface area contributed by atoms with Gasteiger partial charge < -0.3 is 20.1 Å². The van der Waals surface area contributed by atoms with Crippen LogP contribution in [0.3, 0.4) is 0 Å². The smallest absolute Gasteiger partial charge is 0.387 e. The molecule has 2 aromatic rings. The van der Waals surface area contributed by atoms with Gasteiger partial charge in [-0.25, -0.2) is 0 Å². The number of carbonyl (C=O) groups excluding carboxylic acids is 2. The normalized spacial score (nSPS) is 11.6. The molecule has 0 aliphatic carbocycles. The fourth-order valence-electron chi connectivity index (χ4n) is 2.42. The lowest BCUT2D eigenvalue weighted by molar-refractivity contribution is -0.120. The van der Waals surface area contributed by atoms with E-state index < -0.39 is 18.4 Å². The van der Waals surface area contributed by atoms with Crippen LogP contribution in [0, 0.1) is 0 Å². The number of carbonyl (C=O) groups is 2. The van der Waals surface area contributed by atoms with Crippen molar-refractivity contribution in [1.29, 1.82) is 0 Å². The number of halogens is 3. The molecule has 0 aliphatic heterocycles. The maximum Gasteiger partial charge on any atom is 0.387 e. The van der Waals surface area contributed by atoms with Crippen molar-refractivity contribution in [3.8, 4) is 11.5 Å². The average molecular weight is 413 g/mol. The molecule has 0 saturated heterocycles. The van der Waals surface area contributed by atoms with E-state index in [0.717, 1.165) is 5.56 Å². The molecule has 2 rings (SSSR count). The van der Waals surface area contributed by atoms with Gasteiger partial charge in [-0.2, -0.15) is 8.78 Å². The van der Waals surface area contributed by atoms with Gasteiger partial charge in [-0.15, -0.1) is 0 Å². The first-order valence-electron chi connectivity index (χ1n) is 8.26. The largest absolute Gasteiger partial charge is 0.493 e. The predicted octanol–water partition coefficient (Wildman–Crippen LogP) is 3.56. The lowest BCUT2D eigenvalue weighted by Gasteiger charge is -2.15. The van der Waals surface area contributed by atoms with Gasteiger partial charge in [-0.3, -0.25) is 9.59 Å². The lowest BCUT2D eigenvalue weighted by Crippen LogP contribution is -2.38. The summed E-state index contributed by atoms with van der Waals surface area (Å²) >= 11 is 5.93. The van der Waals surface area contributed by atoms with Crippen molar-refractivity contribution < 1.29 is 27.8 Å². The van der Waals surface area contributed by atoms with E-state index in [-0.39, 0.29) is 29.6 Å². The minimum absolute atomic E-state index is 0.0213. The molecular formula is C19H19ClF2N2O4. The Morgan fingerprint density at radius 3 is 2.54 bits per heavy atom. The summed E-state index contributed by atoms with van der Waals surface area (Å²) in [5.41, 5.74) is 0.959. The van der Waals surface area contributed by atoms with Crippen molar-refractivity contribution in [2.75, 3.05) is 13.7 Å². The summed E-state index contributed by atoms with van der Waals surface area (Å²) < 4.78 is 33.9. The second-order valence-electron chi connectivity index (χ2n) is 5.77. The molecule has 0 saturated carbocycles. The predicted molar refractivity (Wildman–Crippen MR) is 100.0 cm³/mol. The molecule has 0 aliphatic rings. The number of benzene rings is 2. The minimum Gasteiger partial charge on any atom is -0.493 e. The third kappa shape index (κ3) is 6.09. The van der Waals surface area contributed by atoms with Crippen LogP contribution >= 0.6 is 11.6 Å². The van der Waals surface area contributed by atoms with E-state index in [2.05, 4.69) is 15.4 Å². The van der Waals surface area contributed by atoms with Gasteiger partial charge in [0.1, 0.15) is 0 Å². The van der Waals surface area contributed by atoms with Crippen LogP contribution in [0.15, 0.2) is 42.5 Å². The summed E-state index contributed by atoms with van der Waals surface area (Å²) in [6, 6.07) is 10.5. The molecule has 0 radical (unpaired) electrons. The van der Waals surface area contributed by atoms with Crippen LogP contribution in [0.4, 0.5) is 8.78 Å². The first-order valence-corrected chi connectivity index (χ1v) is 8.64. The number of nitrogens with one attached hydrogen (secondary N) is 2. The van der Waals surface area contributed by atoms with Crippen LogP contribution in [0.5, 0.6) is 11.5 Å². The number of amides is 2. The Balaban J connectivity index is 1.93. The van der Waals surface area contributed by atoms with Gasteiger partial charge in [0, 0.05) is 10.6 Å². The van der Waals surface area contributed by atoms with Crippen LogP contribution in [-0.4, -0.2) is 32.1 Å². The van der Waals surface area contributed by atoms with E-state index in [0.29, 0.717) is 5.02 Å². The van der Waals surface area contributed by atoms with Crippen LogP contribution in [0.1, 0.15) is 28.9 Å². The molecule has 9 heteroatoms. The molecule has 0 aromatic heterocycles. The van der Waals surface area contributed by atoms with Crippen molar-refractivity contribution in [1.82, 2.24) is 10.6 Å². The summed E-state index contributed by atoms with van der Waals surface area (Å²) in [6.45, 7) is -1.49. The number of alkyl halides is 2. The summed E-state index contributed by atoms with van der Waals surface area (Å²) in [6.07, 6.45) is 0. The molecule has 0 spiro atoms.